The summed E-state index contributed by atoms with van der Waals surface area (Å²) in [5, 5.41) is 3.95. The van der Waals surface area contributed by atoms with E-state index in [2.05, 4.69) is 15.3 Å². The van der Waals surface area contributed by atoms with Gasteiger partial charge in [-0.1, -0.05) is 12.1 Å². The lowest BCUT2D eigenvalue weighted by atomic mass is 10.2. The van der Waals surface area contributed by atoms with E-state index in [9.17, 15) is 0 Å². The van der Waals surface area contributed by atoms with Crippen LogP contribution < -0.4 is 20.5 Å². The largest absolute Gasteiger partial charge is 0.497 e. The molecule has 6 nitrogen and oxygen atoms in total. The summed E-state index contributed by atoms with van der Waals surface area (Å²) in [7, 11) is 3.20. The third-order valence-electron chi connectivity index (χ3n) is 3.29. The molecule has 0 spiro atoms. The van der Waals surface area contributed by atoms with Gasteiger partial charge in [-0.05, 0) is 24.3 Å². The van der Waals surface area contributed by atoms with Crippen LogP contribution in [0.3, 0.4) is 0 Å². The maximum Gasteiger partial charge on any atom is 0.229 e. The van der Waals surface area contributed by atoms with Crippen LogP contribution in [0.25, 0.3) is 10.9 Å². The number of hydrogen-bond acceptors (Lipinski definition) is 6. The van der Waals surface area contributed by atoms with Crippen molar-refractivity contribution < 1.29 is 9.47 Å². The average molecular weight is 296 g/mol. The Balaban J connectivity index is 1.99. The second-order valence-corrected chi connectivity index (χ2v) is 4.64. The molecule has 0 saturated heterocycles. The lowest BCUT2D eigenvalue weighted by Crippen LogP contribution is -2.02. The van der Waals surface area contributed by atoms with Gasteiger partial charge in [0.25, 0.3) is 0 Å². The van der Waals surface area contributed by atoms with Crippen LogP contribution >= 0.6 is 0 Å². The Kier molecular flexibility index (Phi) is 3.65. The number of nitrogen functional groups attached to an aromatic ring is 1. The lowest BCUT2D eigenvalue weighted by Gasteiger charge is -2.12. The molecule has 0 bridgehead atoms. The summed E-state index contributed by atoms with van der Waals surface area (Å²) >= 11 is 0. The Morgan fingerprint density at radius 3 is 2.59 bits per heavy atom. The molecule has 0 atom stereocenters. The van der Waals surface area contributed by atoms with Crippen molar-refractivity contribution in [1.82, 2.24) is 9.97 Å². The fourth-order valence-corrected chi connectivity index (χ4v) is 2.18. The van der Waals surface area contributed by atoms with Crippen molar-refractivity contribution in [2.24, 2.45) is 0 Å². The Bertz CT molecular complexity index is 820. The highest BCUT2D eigenvalue weighted by atomic mass is 16.5. The van der Waals surface area contributed by atoms with Gasteiger partial charge in [-0.15, -0.1) is 0 Å². The Hall–Kier alpha value is -3.02. The minimum Gasteiger partial charge on any atom is -0.497 e. The fourth-order valence-electron chi connectivity index (χ4n) is 2.18. The van der Waals surface area contributed by atoms with Crippen molar-refractivity contribution in [3.63, 3.8) is 0 Å². The molecular weight excluding hydrogens is 280 g/mol. The Labute approximate surface area is 127 Å². The smallest absolute Gasteiger partial charge is 0.229 e. The molecule has 6 heteroatoms. The molecule has 2 aromatic carbocycles. The van der Waals surface area contributed by atoms with Crippen LogP contribution in [-0.2, 0) is 0 Å². The number of anilines is 3. The predicted octanol–water partition coefficient (Wildman–Crippen LogP) is 2.97. The molecule has 3 aromatic rings. The van der Waals surface area contributed by atoms with Crippen LogP contribution in [0, 0.1) is 0 Å². The van der Waals surface area contributed by atoms with E-state index in [-0.39, 0.29) is 0 Å². The number of ether oxygens (including phenoxy) is 2. The zero-order valence-corrected chi connectivity index (χ0v) is 12.3. The summed E-state index contributed by atoms with van der Waals surface area (Å²) in [5.41, 5.74) is 7.50. The molecule has 22 heavy (non-hydrogen) atoms. The van der Waals surface area contributed by atoms with E-state index in [0.29, 0.717) is 23.3 Å². The minimum atomic E-state index is 0.416. The maximum atomic E-state index is 5.98. The molecule has 0 radical (unpaired) electrons. The number of rotatable bonds is 4. The van der Waals surface area contributed by atoms with Crippen LogP contribution in [0.2, 0.25) is 0 Å². The van der Waals surface area contributed by atoms with Gasteiger partial charge < -0.3 is 20.5 Å². The first-order valence-corrected chi connectivity index (χ1v) is 6.72. The third kappa shape index (κ3) is 2.58. The SMILES string of the molecule is COc1ccc(Nc2nc(N)c3ccccc3n2)c(OC)c1. The summed E-state index contributed by atoms with van der Waals surface area (Å²) < 4.78 is 10.5. The zero-order chi connectivity index (χ0) is 15.5. The maximum absolute atomic E-state index is 5.98. The standard InChI is InChI=1S/C16H16N4O2/c1-21-10-7-8-13(14(9-10)22-2)19-16-18-12-6-4-3-5-11(12)15(17)20-16/h3-9H,1-2H3,(H3,17,18,19,20). The molecule has 0 amide bonds. The number of aromatic nitrogens is 2. The molecular formula is C16H16N4O2. The van der Waals surface area contributed by atoms with E-state index in [1.165, 1.54) is 0 Å². The molecule has 3 N–H and O–H groups in total. The molecule has 3 rings (SSSR count). The first kappa shape index (κ1) is 13.9. The van der Waals surface area contributed by atoms with Crippen molar-refractivity contribution in [3.8, 4) is 11.5 Å². The monoisotopic (exact) mass is 296 g/mol. The van der Waals surface area contributed by atoms with E-state index >= 15 is 0 Å². The average Bonchev–Trinajstić information content (AvgIpc) is 2.55. The highest BCUT2D eigenvalue weighted by Gasteiger charge is 2.09. The highest BCUT2D eigenvalue weighted by molar-refractivity contribution is 5.89. The van der Waals surface area contributed by atoms with Gasteiger partial charge in [-0.3, -0.25) is 0 Å². The van der Waals surface area contributed by atoms with Gasteiger partial charge in [-0.25, -0.2) is 4.98 Å². The summed E-state index contributed by atoms with van der Waals surface area (Å²) in [6.07, 6.45) is 0. The molecule has 0 fully saturated rings. The van der Waals surface area contributed by atoms with Crippen molar-refractivity contribution in [3.05, 3.63) is 42.5 Å². The number of fused-ring (bicyclic) bond motifs is 1. The summed E-state index contributed by atoms with van der Waals surface area (Å²) in [4.78, 5) is 8.74. The molecule has 1 aromatic heterocycles. The Morgan fingerprint density at radius 2 is 1.82 bits per heavy atom. The van der Waals surface area contributed by atoms with Gasteiger partial charge in [0.15, 0.2) is 0 Å². The molecule has 1 heterocycles. The molecule has 0 unspecified atom stereocenters. The first-order valence-electron chi connectivity index (χ1n) is 6.72. The number of para-hydroxylation sites is 1. The molecule has 0 aliphatic heterocycles. The van der Waals surface area contributed by atoms with E-state index in [0.717, 1.165) is 16.6 Å². The topological polar surface area (TPSA) is 82.3 Å². The van der Waals surface area contributed by atoms with Gasteiger partial charge in [0.1, 0.15) is 17.3 Å². The van der Waals surface area contributed by atoms with Crippen molar-refractivity contribution in [2.45, 2.75) is 0 Å². The summed E-state index contributed by atoms with van der Waals surface area (Å²) in [6, 6.07) is 13.1. The normalized spacial score (nSPS) is 10.5. The van der Waals surface area contributed by atoms with Crippen molar-refractivity contribution >= 4 is 28.4 Å². The predicted molar refractivity (Wildman–Crippen MR) is 86.8 cm³/mol. The molecule has 0 aliphatic rings. The third-order valence-corrected chi connectivity index (χ3v) is 3.29. The summed E-state index contributed by atoms with van der Waals surface area (Å²) in [6.45, 7) is 0. The fraction of sp³-hybridized carbons (Fsp3) is 0.125. The Morgan fingerprint density at radius 1 is 1.00 bits per heavy atom. The van der Waals surface area contributed by atoms with Gasteiger partial charge in [0.2, 0.25) is 5.95 Å². The van der Waals surface area contributed by atoms with Crippen LogP contribution in [-0.4, -0.2) is 24.2 Å². The number of benzene rings is 2. The second kappa shape index (κ2) is 5.77. The minimum absolute atomic E-state index is 0.416. The van der Waals surface area contributed by atoms with E-state index in [1.807, 2.05) is 36.4 Å². The van der Waals surface area contributed by atoms with Crippen molar-refractivity contribution in [2.75, 3.05) is 25.3 Å². The first-order chi connectivity index (χ1) is 10.7. The number of hydrogen-bond donors (Lipinski definition) is 2. The van der Waals surface area contributed by atoms with E-state index in [1.54, 1.807) is 20.3 Å². The number of nitrogens with one attached hydrogen (secondary N) is 1. The van der Waals surface area contributed by atoms with Crippen LogP contribution in [0.15, 0.2) is 42.5 Å². The van der Waals surface area contributed by atoms with Gasteiger partial charge in [0.05, 0.1) is 25.4 Å². The molecule has 112 valence electrons. The van der Waals surface area contributed by atoms with Gasteiger partial charge in [0, 0.05) is 11.5 Å². The second-order valence-electron chi connectivity index (χ2n) is 4.64. The highest BCUT2D eigenvalue weighted by Crippen LogP contribution is 2.31. The van der Waals surface area contributed by atoms with Crippen molar-refractivity contribution in [1.29, 1.82) is 0 Å². The quantitative estimate of drug-likeness (QED) is 0.770. The van der Waals surface area contributed by atoms with Crippen LogP contribution in [0.1, 0.15) is 0 Å². The van der Waals surface area contributed by atoms with Gasteiger partial charge in [-0.2, -0.15) is 4.98 Å². The lowest BCUT2D eigenvalue weighted by molar-refractivity contribution is 0.395. The van der Waals surface area contributed by atoms with Crippen LogP contribution in [0.4, 0.5) is 17.5 Å². The van der Waals surface area contributed by atoms with Gasteiger partial charge >= 0.3 is 0 Å². The zero-order valence-electron chi connectivity index (χ0n) is 12.3. The molecule has 0 saturated carbocycles. The summed E-state index contributed by atoms with van der Waals surface area (Å²) in [5.74, 6) is 2.19. The number of nitrogens with two attached hydrogens (primary N) is 1. The molecule has 0 aliphatic carbocycles. The number of nitrogens with zero attached hydrogens (tertiary/aromatic N) is 2. The van der Waals surface area contributed by atoms with Crippen LogP contribution in [0.5, 0.6) is 11.5 Å². The van der Waals surface area contributed by atoms with E-state index < -0.39 is 0 Å². The van der Waals surface area contributed by atoms with E-state index in [4.69, 9.17) is 15.2 Å². The number of methoxy groups -OCH3 is 2.